The quantitative estimate of drug-likeness (QED) is 0.568. The average Bonchev–Trinajstić information content (AvgIpc) is 2.30. The van der Waals surface area contributed by atoms with Crippen molar-refractivity contribution in [1.82, 2.24) is 5.32 Å². The van der Waals surface area contributed by atoms with Crippen LogP contribution < -0.4 is 5.32 Å². The van der Waals surface area contributed by atoms with Gasteiger partial charge >= 0.3 is 0 Å². The molecule has 1 aromatic rings. The smallest absolute Gasteiger partial charge is 0.0130 e. The van der Waals surface area contributed by atoms with Gasteiger partial charge in [0.05, 0.1) is 0 Å². The van der Waals surface area contributed by atoms with Crippen LogP contribution in [0.2, 0.25) is 0 Å². The molecule has 0 saturated carbocycles. The largest absolute Gasteiger partial charge is 0.313 e. The third-order valence-electron chi connectivity index (χ3n) is 3.40. The molecule has 0 bridgehead atoms. The Balaban J connectivity index is 2.65. The molecule has 88 valence electrons. The van der Waals surface area contributed by atoms with Crippen LogP contribution in [0.1, 0.15) is 32.8 Å². The van der Waals surface area contributed by atoms with Crippen LogP contribution in [0.25, 0.3) is 0 Å². The van der Waals surface area contributed by atoms with E-state index in [9.17, 15) is 0 Å². The molecule has 1 atom stereocenters. The molecule has 0 radical (unpaired) electrons. The van der Waals surface area contributed by atoms with Gasteiger partial charge in [-0.2, -0.15) is 0 Å². The summed E-state index contributed by atoms with van der Waals surface area (Å²) >= 11 is 0. The fraction of sp³-hybridized carbons (Fsp3) is 0.467. The summed E-state index contributed by atoms with van der Waals surface area (Å²) < 4.78 is 0. The van der Waals surface area contributed by atoms with Crippen molar-refractivity contribution in [3.63, 3.8) is 0 Å². The highest BCUT2D eigenvalue weighted by molar-refractivity contribution is 5.25. The standard InChI is InChI=1S/C15H23N/c1-5-6-12-16-13(2)15(3,4)14-10-8-7-9-11-14/h5,7-11,13,16H,1,6,12H2,2-4H3. The van der Waals surface area contributed by atoms with E-state index in [1.807, 2.05) is 6.08 Å². The summed E-state index contributed by atoms with van der Waals surface area (Å²) in [6.07, 6.45) is 2.98. The average molecular weight is 217 g/mol. The number of nitrogens with one attached hydrogen (secondary N) is 1. The molecule has 0 saturated heterocycles. The fourth-order valence-corrected chi connectivity index (χ4v) is 1.77. The molecule has 0 aliphatic carbocycles. The lowest BCUT2D eigenvalue weighted by molar-refractivity contribution is 0.365. The monoisotopic (exact) mass is 217 g/mol. The Hall–Kier alpha value is -1.08. The van der Waals surface area contributed by atoms with Crippen LogP contribution in [0, 0.1) is 0 Å². The van der Waals surface area contributed by atoms with Crippen LogP contribution in [0.5, 0.6) is 0 Å². The van der Waals surface area contributed by atoms with Gasteiger partial charge in [-0.25, -0.2) is 0 Å². The van der Waals surface area contributed by atoms with Crippen molar-refractivity contribution in [2.45, 2.75) is 38.6 Å². The molecule has 1 aromatic carbocycles. The van der Waals surface area contributed by atoms with Gasteiger partial charge in [0.25, 0.3) is 0 Å². The second-order valence-corrected chi connectivity index (χ2v) is 4.84. The van der Waals surface area contributed by atoms with E-state index in [4.69, 9.17) is 0 Å². The maximum atomic E-state index is 3.74. The molecule has 0 spiro atoms. The van der Waals surface area contributed by atoms with Crippen molar-refractivity contribution < 1.29 is 0 Å². The summed E-state index contributed by atoms with van der Waals surface area (Å²) in [4.78, 5) is 0. The van der Waals surface area contributed by atoms with E-state index >= 15 is 0 Å². The maximum absolute atomic E-state index is 3.74. The zero-order chi connectivity index (χ0) is 12.0. The van der Waals surface area contributed by atoms with Crippen LogP contribution in [-0.4, -0.2) is 12.6 Å². The van der Waals surface area contributed by atoms with Gasteiger partial charge in [0.2, 0.25) is 0 Å². The Labute approximate surface area is 99.6 Å². The highest BCUT2D eigenvalue weighted by Gasteiger charge is 2.26. The molecule has 0 aromatic heterocycles. The number of hydrogen-bond acceptors (Lipinski definition) is 1. The third-order valence-corrected chi connectivity index (χ3v) is 3.40. The van der Waals surface area contributed by atoms with Crippen molar-refractivity contribution >= 4 is 0 Å². The van der Waals surface area contributed by atoms with Gasteiger partial charge in [0.15, 0.2) is 0 Å². The number of rotatable bonds is 6. The van der Waals surface area contributed by atoms with Crippen LogP contribution in [0.4, 0.5) is 0 Å². The summed E-state index contributed by atoms with van der Waals surface area (Å²) in [6.45, 7) is 11.6. The van der Waals surface area contributed by atoms with Crippen molar-refractivity contribution in [3.05, 3.63) is 48.6 Å². The van der Waals surface area contributed by atoms with E-state index in [2.05, 4.69) is 63.0 Å². The number of hydrogen-bond donors (Lipinski definition) is 1. The van der Waals surface area contributed by atoms with Crippen molar-refractivity contribution in [2.24, 2.45) is 0 Å². The summed E-state index contributed by atoms with van der Waals surface area (Å²) in [5, 5.41) is 3.55. The normalized spacial score (nSPS) is 13.4. The molecule has 1 nitrogen and oxygen atoms in total. The molecule has 0 fully saturated rings. The zero-order valence-corrected chi connectivity index (χ0v) is 10.7. The molecular formula is C15H23N. The molecule has 1 N–H and O–H groups in total. The Bertz CT molecular complexity index is 313. The highest BCUT2D eigenvalue weighted by atomic mass is 14.9. The van der Waals surface area contributed by atoms with Gasteiger partial charge in [0, 0.05) is 11.5 Å². The van der Waals surface area contributed by atoms with E-state index < -0.39 is 0 Å². The predicted molar refractivity (Wildman–Crippen MR) is 71.7 cm³/mol. The first-order chi connectivity index (χ1) is 7.59. The van der Waals surface area contributed by atoms with Gasteiger partial charge in [-0.05, 0) is 25.5 Å². The SMILES string of the molecule is C=CCCNC(C)C(C)(C)c1ccccc1. The van der Waals surface area contributed by atoms with Crippen molar-refractivity contribution in [3.8, 4) is 0 Å². The minimum absolute atomic E-state index is 0.155. The predicted octanol–water partition coefficient (Wildman–Crippen LogP) is 3.52. The van der Waals surface area contributed by atoms with Gasteiger partial charge in [-0.1, -0.05) is 50.3 Å². The molecular weight excluding hydrogens is 194 g/mol. The lowest BCUT2D eigenvalue weighted by atomic mass is 9.78. The molecule has 1 rings (SSSR count). The van der Waals surface area contributed by atoms with Gasteiger partial charge in [-0.3, -0.25) is 0 Å². The summed E-state index contributed by atoms with van der Waals surface area (Å²) in [7, 11) is 0. The summed E-state index contributed by atoms with van der Waals surface area (Å²) in [5.74, 6) is 0. The Morgan fingerprint density at radius 3 is 2.50 bits per heavy atom. The first-order valence-electron chi connectivity index (χ1n) is 5.99. The molecule has 0 aliphatic rings. The zero-order valence-electron chi connectivity index (χ0n) is 10.7. The van der Waals surface area contributed by atoms with E-state index in [0.717, 1.165) is 13.0 Å². The molecule has 0 amide bonds. The van der Waals surface area contributed by atoms with Crippen LogP contribution in [0.3, 0.4) is 0 Å². The lowest BCUT2D eigenvalue weighted by Crippen LogP contribution is -2.42. The van der Waals surface area contributed by atoms with Gasteiger partial charge in [0.1, 0.15) is 0 Å². The molecule has 0 aliphatic heterocycles. The Morgan fingerprint density at radius 1 is 1.31 bits per heavy atom. The van der Waals surface area contributed by atoms with Crippen molar-refractivity contribution in [2.75, 3.05) is 6.54 Å². The number of benzene rings is 1. The maximum Gasteiger partial charge on any atom is 0.0130 e. The summed E-state index contributed by atoms with van der Waals surface area (Å²) in [6, 6.07) is 11.1. The van der Waals surface area contributed by atoms with E-state index in [-0.39, 0.29) is 5.41 Å². The van der Waals surface area contributed by atoms with Crippen molar-refractivity contribution in [1.29, 1.82) is 0 Å². The Kier molecular flexibility index (Phi) is 4.75. The van der Waals surface area contributed by atoms with Crippen LogP contribution in [0.15, 0.2) is 43.0 Å². The topological polar surface area (TPSA) is 12.0 Å². The third kappa shape index (κ3) is 3.21. The van der Waals surface area contributed by atoms with Gasteiger partial charge in [-0.15, -0.1) is 6.58 Å². The Morgan fingerprint density at radius 2 is 1.94 bits per heavy atom. The molecule has 1 heteroatoms. The van der Waals surface area contributed by atoms with E-state index in [0.29, 0.717) is 6.04 Å². The van der Waals surface area contributed by atoms with Gasteiger partial charge < -0.3 is 5.32 Å². The van der Waals surface area contributed by atoms with E-state index in [1.165, 1.54) is 5.56 Å². The van der Waals surface area contributed by atoms with Crippen LogP contribution in [-0.2, 0) is 5.41 Å². The molecule has 1 unspecified atom stereocenters. The first-order valence-corrected chi connectivity index (χ1v) is 5.99. The second-order valence-electron chi connectivity index (χ2n) is 4.84. The van der Waals surface area contributed by atoms with Crippen LogP contribution >= 0.6 is 0 Å². The first kappa shape index (κ1) is 13.0. The fourth-order valence-electron chi connectivity index (χ4n) is 1.77. The molecule has 16 heavy (non-hydrogen) atoms. The minimum Gasteiger partial charge on any atom is -0.313 e. The summed E-state index contributed by atoms with van der Waals surface area (Å²) in [5.41, 5.74) is 1.54. The second kappa shape index (κ2) is 5.86. The minimum atomic E-state index is 0.155. The van der Waals surface area contributed by atoms with E-state index in [1.54, 1.807) is 0 Å². The highest BCUT2D eigenvalue weighted by Crippen LogP contribution is 2.26. The lowest BCUT2D eigenvalue weighted by Gasteiger charge is -2.33. The molecule has 0 heterocycles.